The molecule has 1 saturated heterocycles. The fourth-order valence-electron chi connectivity index (χ4n) is 3.05. The zero-order valence-corrected chi connectivity index (χ0v) is 15.6. The summed E-state index contributed by atoms with van der Waals surface area (Å²) in [5, 5.41) is 0. The summed E-state index contributed by atoms with van der Waals surface area (Å²) in [5.41, 5.74) is 1.47. The zero-order valence-electron chi connectivity index (χ0n) is 15.6. The van der Waals surface area contributed by atoms with Crippen LogP contribution in [0.15, 0.2) is 36.0 Å². The van der Waals surface area contributed by atoms with E-state index >= 15 is 0 Å². The van der Waals surface area contributed by atoms with Crippen molar-refractivity contribution >= 4 is 17.7 Å². The number of hydrogen-bond acceptors (Lipinski definition) is 6. The fraction of sp³-hybridized carbons (Fsp3) is 0.550. The van der Waals surface area contributed by atoms with Crippen LogP contribution in [0.3, 0.4) is 0 Å². The molecular weight excluding hydrogens is 336 g/mol. The third kappa shape index (κ3) is 4.49. The van der Waals surface area contributed by atoms with Gasteiger partial charge in [-0.25, -0.2) is 4.79 Å². The van der Waals surface area contributed by atoms with E-state index in [4.69, 9.17) is 14.2 Å². The van der Waals surface area contributed by atoms with Crippen molar-refractivity contribution in [3.05, 3.63) is 36.0 Å². The molecule has 0 aromatic carbocycles. The number of ether oxygens (including phenoxy) is 3. The molecule has 6 heteroatoms. The maximum atomic E-state index is 12.5. The van der Waals surface area contributed by atoms with Crippen LogP contribution in [0.2, 0.25) is 0 Å². The van der Waals surface area contributed by atoms with Gasteiger partial charge in [-0.05, 0) is 24.5 Å². The van der Waals surface area contributed by atoms with Crippen LogP contribution in [0.5, 0.6) is 0 Å². The second-order valence-corrected chi connectivity index (χ2v) is 7.00. The lowest BCUT2D eigenvalue weighted by atomic mass is 9.85. The predicted octanol–water partition coefficient (Wildman–Crippen LogP) is 2.53. The van der Waals surface area contributed by atoms with Gasteiger partial charge in [0.25, 0.3) is 0 Å². The Morgan fingerprint density at radius 3 is 2.62 bits per heavy atom. The van der Waals surface area contributed by atoms with Crippen molar-refractivity contribution in [2.45, 2.75) is 45.3 Å². The molecule has 0 bridgehead atoms. The Hall–Kier alpha value is -2.21. The van der Waals surface area contributed by atoms with E-state index in [1.807, 2.05) is 0 Å². The summed E-state index contributed by atoms with van der Waals surface area (Å²) in [6, 6.07) is 0. The van der Waals surface area contributed by atoms with Gasteiger partial charge in [0.05, 0.1) is 12.0 Å². The number of esters is 2. The first-order valence-electron chi connectivity index (χ1n) is 8.75. The highest BCUT2D eigenvalue weighted by atomic mass is 16.6. The Morgan fingerprint density at radius 2 is 2.00 bits per heavy atom. The van der Waals surface area contributed by atoms with E-state index in [9.17, 15) is 14.4 Å². The van der Waals surface area contributed by atoms with Gasteiger partial charge < -0.3 is 14.2 Å². The minimum Gasteiger partial charge on any atom is -0.461 e. The van der Waals surface area contributed by atoms with Gasteiger partial charge in [0.15, 0.2) is 5.78 Å². The smallest absolute Gasteiger partial charge is 0.334 e. The largest absolute Gasteiger partial charge is 0.461 e. The highest BCUT2D eigenvalue weighted by Gasteiger charge is 2.40. The molecule has 0 saturated carbocycles. The first kappa shape index (κ1) is 20.1. The number of carbonyl (C=O) groups excluding carboxylic acids is 3. The Labute approximate surface area is 153 Å². The maximum absolute atomic E-state index is 12.5. The minimum atomic E-state index is -0.585. The number of carbonyl (C=O) groups is 3. The molecule has 0 aromatic heterocycles. The quantitative estimate of drug-likeness (QED) is 0.434. The van der Waals surface area contributed by atoms with Crippen molar-refractivity contribution < 1.29 is 28.6 Å². The first-order chi connectivity index (χ1) is 12.2. The molecule has 3 unspecified atom stereocenters. The fourth-order valence-corrected chi connectivity index (χ4v) is 3.05. The molecule has 2 aliphatic rings. The van der Waals surface area contributed by atoms with E-state index in [0.717, 1.165) is 5.57 Å². The van der Waals surface area contributed by atoms with Crippen molar-refractivity contribution in [2.24, 2.45) is 11.8 Å². The van der Waals surface area contributed by atoms with E-state index in [0.29, 0.717) is 18.4 Å². The Bertz CT molecular complexity index is 657. The lowest BCUT2D eigenvalue weighted by molar-refractivity contribution is -0.146. The molecular formula is C20H26O6. The van der Waals surface area contributed by atoms with Crippen LogP contribution in [0, 0.1) is 11.8 Å². The number of hydrogen-bond donors (Lipinski definition) is 0. The normalized spacial score (nSPS) is 27.1. The van der Waals surface area contributed by atoms with Crippen LogP contribution >= 0.6 is 0 Å². The third-order valence-corrected chi connectivity index (χ3v) is 4.78. The summed E-state index contributed by atoms with van der Waals surface area (Å²) in [4.78, 5) is 36.2. The van der Waals surface area contributed by atoms with Crippen LogP contribution in [-0.2, 0) is 28.6 Å². The average molecular weight is 362 g/mol. The van der Waals surface area contributed by atoms with Crippen molar-refractivity contribution in [1.29, 1.82) is 0 Å². The molecule has 0 N–H and O–H groups in total. The van der Waals surface area contributed by atoms with Crippen molar-refractivity contribution in [3.8, 4) is 0 Å². The summed E-state index contributed by atoms with van der Waals surface area (Å²) in [6.07, 6.45) is 1.92. The van der Waals surface area contributed by atoms with Gasteiger partial charge in [0.2, 0.25) is 0 Å². The van der Waals surface area contributed by atoms with Crippen LogP contribution in [0.1, 0.15) is 33.1 Å². The summed E-state index contributed by atoms with van der Waals surface area (Å²) in [6.45, 7) is 11.3. The molecule has 1 aliphatic heterocycles. The highest BCUT2D eigenvalue weighted by molar-refractivity contribution is 5.98. The molecule has 142 valence electrons. The molecule has 0 spiro atoms. The van der Waals surface area contributed by atoms with Crippen LogP contribution in [-0.4, -0.2) is 43.6 Å². The van der Waals surface area contributed by atoms with Crippen molar-refractivity contribution in [1.82, 2.24) is 0 Å². The van der Waals surface area contributed by atoms with Crippen molar-refractivity contribution in [2.75, 3.05) is 13.7 Å². The molecule has 1 heterocycles. The van der Waals surface area contributed by atoms with Gasteiger partial charge >= 0.3 is 11.9 Å². The molecule has 6 nitrogen and oxygen atoms in total. The number of Topliss-reactive ketones (excluding diaryl/α,β-unsaturated/α-hetero) is 1. The summed E-state index contributed by atoms with van der Waals surface area (Å²) >= 11 is 0. The lowest BCUT2D eigenvalue weighted by Crippen LogP contribution is -2.27. The number of methoxy groups -OCH3 is 1. The van der Waals surface area contributed by atoms with E-state index in [1.54, 1.807) is 19.9 Å². The number of ketones is 1. The molecule has 2 rings (SSSR count). The minimum absolute atomic E-state index is 0.0868. The van der Waals surface area contributed by atoms with Crippen LogP contribution in [0.25, 0.3) is 0 Å². The molecule has 0 radical (unpaired) electrons. The van der Waals surface area contributed by atoms with Crippen LogP contribution in [0.4, 0.5) is 0 Å². The van der Waals surface area contributed by atoms with Gasteiger partial charge in [-0.2, -0.15) is 0 Å². The molecule has 3 atom stereocenters. The number of rotatable bonds is 4. The Kier molecular flexibility index (Phi) is 6.53. The van der Waals surface area contributed by atoms with Gasteiger partial charge in [-0.3, -0.25) is 9.59 Å². The lowest BCUT2D eigenvalue weighted by Gasteiger charge is -2.23. The van der Waals surface area contributed by atoms with E-state index < -0.39 is 24.1 Å². The summed E-state index contributed by atoms with van der Waals surface area (Å²) in [7, 11) is 1.53. The molecule has 1 fully saturated rings. The van der Waals surface area contributed by atoms with E-state index in [1.165, 1.54) is 7.11 Å². The Morgan fingerprint density at radius 1 is 1.31 bits per heavy atom. The topological polar surface area (TPSA) is 78.9 Å². The van der Waals surface area contributed by atoms with Gasteiger partial charge in [-0.1, -0.05) is 27.0 Å². The average Bonchev–Trinajstić information content (AvgIpc) is 2.86. The second-order valence-electron chi connectivity index (χ2n) is 7.00. The Balaban J connectivity index is 2.28. The van der Waals surface area contributed by atoms with Gasteiger partial charge in [0.1, 0.15) is 12.7 Å². The third-order valence-electron chi connectivity index (χ3n) is 4.78. The monoisotopic (exact) mass is 362 g/mol. The summed E-state index contributed by atoms with van der Waals surface area (Å²) < 4.78 is 16.1. The molecule has 0 amide bonds. The van der Waals surface area contributed by atoms with Gasteiger partial charge in [-0.15, -0.1) is 0 Å². The van der Waals surface area contributed by atoms with Gasteiger partial charge in [0, 0.05) is 30.6 Å². The van der Waals surface area contributed by atoms with Crippen molar-refractivity contribution in [3.63, 3.8) is 0 Å². The number of fused-ring (bicyclic) bond motifs is 1. The maximum Gasteiger partial charge on any atom is 0.334 e. The molecule has 0 aromatic rings. The standard InChI is InChI=1S/C20H26O6/c1-11(2)19(22)25-10-14-6-7-17(24-5)13(4)16(21)9-15-12(3)20(23)26-18(15)8-14/h8,11,15,17-18H,3-4,6-7,9-10H2,1-2,5H3. The molecule has 26 heavy (non-hydrogen) atoms. The zero-order chi connectivity index (χ0) is 19.4. The SMILES string of the molecule is C=C1C(=O)CC2C(=C)C(=O)OC2C=C(COC(=O)C(C)C)CCC1OC. The van der Waals surface area contributed by atoms with E-state index in [2.05, 4.69) is 13.2 Å². The summed E-state index contributed by atoms with van der Waals surface area (Å²) in [5.74, 6) is -1.63. The first-order valence-corrected chi connectivity index (χ1v) is 8.75. The highest BCUT2D eigenvalue weighted by Crippen LogP contribution is 2.34. The van der Waals surface area contributed by atoms with E-state index in [-0.39, 0.29) is 36.3 Å². The molecule has 1 aliphatic carbocycles. The van der Waals surface area contributed by atoms with Crippen LogP contribution < -0.4 is 0 Å². The predicted molar refractivity (Wildman–Crippen MR) is 95.2 cm³/mol. The second kappa shape index (κ2) is 8.45.